The second kappa shape index (κ2) is 9.21. The maximum Gasteiger partial charge on any atom is 0.308 e. The van der Waals surface area contributed by atoms with Crippen molar-refractivity contribution in [3.05, 3.63) is 35.5 Å². The minimum Gasteiger partial charge on any atom is -0.462 e. The van der Waals surface area contributed by atoms with Gasteiger partial charge in [-0.05, 0) is 81.8 Å². The van der Waals surface area contributed by atoms with Crippen LogP contribution >= 0.6 is 0 Å². The van der Waals surface area contributed by atoms with Gasteiger partial charge >= 0.3 is 5.97 Å². The summed E-state index contributed by atoms with van der Waals surface area (Å²) in [6.45, 7) is 11.6. The molecular formula is C26H40O5. The Labute approximate surface area is 186 Å². The number of hydrogen-bond donors (Lipinski definition) is 3. The molecule has 174 valence electrons. The normalized spacial score (nSPS) is 37.7. The number of fused-ring (bicyclic) bond motifs is 1. The van der Waals surface area contributed by atoms with Gasteiger partial charge in [-0.2, -0.15) is 0 Å². The highest BCUT2D eigenvalue weighted by molar-refractivity contribution is 5.70. The fourth-order valence-electron chi connectivity index (χ4n) is 6.20. The van der Waals surface area contributed by atoms with E-state index in [1.54, 1.807) is 13.8 Å². The molecule has 0 aromatic rings. The van der Waals surface area contributed by atoms with Crippen LogP contribution in [0.15, 0.2) is 35.5 Å². The summed E-state index contributed by atoms with van der Waals surface area (Å²) in [5.74, 6) is 0.412. The third-order valence-corrected chi connectivity index (χ3v) is 7.76. The Hall–Kier alpha value is -1.43. The molecule has 31 heavy (non-hydrogen) atoms. The second-order valence-corrected chi connectivity index (χ2v) is 10.8. The van der Waals surface area contributed by atoms with E-state index in [9.17, 15) is 20.1 Å². The zero-order valence-corrected chi connectivity index (χ0v) is 19.6. The summed E-state index contributed by atoms with van der Waals surface area (Å²) in [6, 6.07) is 0. The van der Waals surface area contributed by atoms with Crippen molar-refractivity contribution < 1.29 is 24.9 Å². The maximum absolute atomic E-state index is 12.3. The molecule has 0 unspecified atom stereocenters. The summed E-state index contributed by atoms with van der Waals surface area (Å²) in [4.78, 5) is 12.3. The van der Waals surface area contributed by atoms with Crippen molar-refractivity contribution in [2.24, 2.45) is 17.3 Å². The van der Waals surface area contributed by atoms with Gasteiger partial charge in [0.1, 0.15) is 6.10 Å². The van der Waals surface area contributed by atoms with E-state index in [1.807, 2.05) is 6.92 Å². The van der Waals surface area contributed by atoms with Crippen molar-refractivity contribution in [1.29, 1.82) is 0 Å². The van der Waals surface area contributed by atoms with E-state index in [0.29, 0.717) is 24.7 Å². The quantitative estimate of drug-likeness (QED) is 0.566. The summed E-state index contributed by atoms with van der Waals surface area (Å²) < 4.78 is 5.76. The van der Waals surface area contributed by atoms with Gasteiger partial charge in [0.25, 0.3) is 0 Å². The van der Waals surface area contributed by atoms with Crippen LogP contribution in [0.25, 0.3) is 0 Å². The summed E-state index contributed by atoms with van der Waals surface area (Å²) >= 11 is 0. The van der Waals surface area contributed by atoms with Crippen molar-refractivity contribution >= 4 is 5.97 Å². The molecule has 3 fully saturated rings. The largest absolute Gasteiger partial charge is 0.462 e. The Balaban J connectivity index is 1.73. The fraction of sp³-hybridized carbons (Fsp3) is 0.731. The van der Waals surface area contributed by atoms with Crippen LogP contribution in [-0.4, -0.2) is 45.2 Å². The van der Waals surface area contributed by atoms with Crippen molar-refractivity contribution in [2.45, 2.75) is 103 Å². The highest BCUT2D eigenvalue weighted by Gasteiger charge is 2.51. The molecule has 3 rings (SSSR count). The summed E-state index contributed by atoms with van der Waals surface area (Å²) in [5.41, 5.74) is 2.10. The number of carbonyl (C=O) groups excluding carboxylic acids is 1. The number of rotatable bonds is 5. The molecule has 0 bridgehead atoms. The number of aliphatic hydroxyl groups is 3. The van der Waals surface area contributed by atoms with Gasteiger partial charge in [-0.25, -0.2) is 0 Å². The first-order chi connectivity index (χ1) is 14.4. The minimum atomic E-state index is -1.06. The molecule has 0 aliphatic heterocycles. The molecule has 0 saturated heterocycles. The summed E-state index contributed by atoms with van der Waals surface area (Å²) in [6.07, 6.45) is 9.18. The number of aliphatic hydroxyl groups excluding tert-OH is 2. The lowest BCUT2D eigenvalue weighted by Crippen LogP contribution is -2.40. The first-order valence-corrected chi connectivity index (χ1v) is 11.8. The number of carbonyl (C=O) groups is 1. The lowest BCUT2D eigenvalue weighted by molar-refractivity contribution is -0.157. The lowest BCUT2D eigenvalue weighted by Gasteiger charge is -2.44. The lowest BCUT2D eigenvalue weighted by atomic mass is 9.62. The van der Waals surface area contributed by atoms with Crippen LogP contribution in [0.3, 0.4) is 0 Å². The molecule has 0 aromatic heterocycles. The molecule has 3 saturated carbocycles. The van der Waals surface area contributed by atoms with Crippen LogP contribution < -0.4 is 0 Å². The number of hydrogen-bond acceptors (Lipinski definition) is 5. The Morgan fingerprint density at radius 3 is 2.71 bits per heavy atom. The van der Waals surface area contributed by atoms with E-state index in [-0.39, 0.29) is 23.9 Å². The van der Waals surface area contributed by atoms with E-state index < -0.39 is 17.8 Å². The van der Waals surface area contributed by atoms with Gasteiger partial charge < -0.3 is 20.1 Å². The van der Waals surface area contributed by atoms with Crippen LogP contribution in [0, 0.1) is 17.3 Å². The van der Waals surface area contributed by atoms with Crippen LogP contribution in [0.1, 0.15) is 79.1 Å². The Kier molecular flexibility index (Phi) is 7.19. The molecule has 3 N–H and O–H groups in total. The van der Waals surface area contributed by atoms with Gasteiger partial charge in [-0.3, -0.25) is 4.79 Å². The molecule has 3 aliphatic rings. The smallest absolute Gasteiger partial charge is 0.308 e. The van der Waals surface area contributed by atoms with E-state index in [1.165, 1.54) is 5.57 Å². The molecule has 0 amide bonds. The molecule has 6 atom stereocenters. The van der Waals surface area contributed by atoms with Crippen LogP contribution in [0.2, 0.25) is 0 Å². The van der Waals surface area contributed by atoms with Gasteiger partial charge in [0, 0.05) is 12.3 Å². The van der Waals surface area contributed by atoms with E-state index in [4.69, 9.17) is 4.74 Å². The monoisotopic (exact) mass is 432 g/mol. The first kappa shape index (κ1) is 24.2. The topological polar surface area (TPSA) is 87.0 Å². The van der Waals surface area contributed by atoms with Crippen molar-refractivity contribution in [2.75, 3.05) is 0 Å². The first-order valence-electron chi connectivity index (χ1n) is 11.8. The summed E-state index contributed by atoms with van der Waals surface area (Å²) in [5, 5.41) is 30.0. The molecule has 0 aromatic carbocycles. The zero-order chi connectivity index (χ0) is 23.0. The van der Waals surface area contributed by atoms with Gasteiger partial charge in [0.15, 0.2) is 0 Å². The van der Waals surface area contributed by atoms with Crippen molar-refractivity contribution in [3.8, 4) is 0 Å². The number of esters is 1. The van der Waals surface area contributed by atoms with Crippen LogP contribution in [0.5, 0.6) is 0 Å². The van der Waals surface area contributed by atoms with Gasteiger partial charge in [-0.15, -0.1) is 0 Å². The third-order valence-electron chi connectivity index (χ3n) is 7.76. The Morgan fingerprint density at radius 2 is 2.03 bits per heavy atom. The predicted molar refractivity (Wildman–Crippen MR) is 121 cm³/mol. The van der Waals surface area contributed by atoms with E-state index in [2.05, 4.69) is 25.7 Å². The molecule has 0 radical (unpaired) electrons. The standard InChI is InChI=1S/C26H40O5/c1-16-19(13-20(27)14-23(16)28)9-8-18-7-6-12-26(5)21(10-11-22(18)26)17(2)31-24(29)15-25(3,4)30/h8-9,17,20-23,27-28,30H,1,6-7,10-15H2,2-5H3/b18-8+,19-9-/t17-,20-,21-,22+,23+,26-/m1/s1. The molecule has 3 aliphatic carbocycles. The number of allylic oxidation sites excluding steroid dienone is 3. The highest BCUT2D eigenvalue weighted by Crippen LogP contribution is 2.58. The average molecular weight is 433 g/mol. The zero-order valence-electron chi connectivity index (χ0n) is 19.6. The second-order valence-electron chi connectivity index (χ2n) is 10.8. The third kappa shape index (κ3) is 5.50. The van der Waals surface area contributed by atoms with Crippen LogP contribution in [-0.2, 0) is 9.53 Å². The predicted octanol–water partition coefficient (Wildman–Crippen LogP) is 4.22. The molecule has 0 spiro atoms. The molecule has 5 nitrogen and oxygen atoms in total. The molecule has 5 heteroatoms. The fourth-order valence-corrected chi connectivity index (χ4v) is 6.20. The van der Waals surface area contributed by atoms with Gasteiger partial charge in [-0.1, -0.05) is 31.2 Å². The minimum absolute atomic E-state index is 0.00448. The maximum atomic E-state index is 12.3. The van der Waals surface area contributed by atoms with Gasteiger partial charge in [0.05, 0.1) is 24.2 Å². The van der Waals surface area contributed by atoms with Crippen LogP contribution in [0.4, 0.5) is 0 Å². The van der Waals surface area contributed by atoms with E-state index in [0.717, 1.165) is 43.3 Å². The molecular weight excluding hydrogens is 392 g/mol. The summed E-state index contributed by atoms with van der Waals surface area (Å²) in [7, 11) is 0. The van der Waals surface area contributed by atoms with Crippen molar-refractivity contribution in [3.63, 3.8) is 0 Å². The number of ether oxygens (including phenoxy) is 1. The molecule has 0 heterocycles. The Morgan fingerprint density at radius 1 is 1.32 bits per heavy atom. The van der Waals surface area contributed by atoms with E-state index >= 15 is 0 Å². The Bertz CT molecular complexity index is 758. The average Bonchev–Trinajstić information content (AvgIpc) is 2.99. The van der Waals surface area contributed by atoms with Crippen molar-refractivity contribution in [1.82, 2.24) is 0 Å². The SMILES string of the molecule is C=C1/C(=C\C=C2/CCC[C@]3(C)[C@@H]([C@@H](C)OC(=O)CC(C)(C)O)CC[C@@H]23)C[C@@H](O)C[C@@H]1O. The highest BCUT2D eigenvalue weighted by atomic mass is 16.5. The van der Waals surface area contributed by atoms with Gasteiger partial charge in [0.2, 0.25) is 0 Å².